The van der Waals surface area contributed by atoms with Gasteiger partial charge in [0.2, 0.25) is 11.7 Å². The van der Waals surface area contributed by atoms with Crippen molar-refractivity contribution in [3.63, 3.8) is 0 Å². The zero-order valence-electron chi connectivity index (χ0n) is 19.0. The fourth-order valence-electron chi connectivity index (χ4n) is 5.05. The highest BCUT2D eigenvalue weighted by molar-refractivity contribution is 5.84. The molecule has 0 atom stereocenters. The van der Waals surface area contributed by atoms with E-state index >= 15 is 0 Å². The highest BCUT2D eigenvalue weighted by Crippen LogP contribution is 2.44. The van der Waals surface area contributed by atoms with Crippen molar-refractivity contribution in [1.82, 2.24) is 39.0 Å². The number of nitrogens with zero attached hydrogens (tertiary/aromatic N) is 8. The molecule has 170 valence electrons. The normalized spacial score (nSPS) is 18.0. The quantitative estimate of drug-likeness (QED) is 0.441. The fraction of sp³-hybridized carbons (Fsp3) is 0.360. The average molecular weight is 453 g/mol. The van der Waals surface area contributed by atoms with Gasteiger partial charge in [-0.3, -0.25) is 18.9 Å². The Morgan fingerprint density at radius 1 is 1.12 bits per heavy atom. The Bertz CT molecular complexity index is 1490. The third kappa shape index (κ3) is 3.07. The second-order valence-corrected chi connectivity index (χ2v) is 9.39. The van der Waals surface area contributed by atoms with E-state index < -0.39 is 0 Å². The molecule has 1 amide bonds. The van der Waals surface area contributed by atoms with Crippen LogP contribution in [0.25, 0.3) is 22.7 Å². The maximum atomic E-state index is 12.9. The molecule has 4 aromatic rings. The number of allylic oxidation sites excluding steroid dienone is 1. The average Bonchev–Trinajstić information content (AvgIpc) is 3.31. The summed E-state index contributed by atoms with van der Waals surface area (Å²) in [6.45, 7) is 1.10. The number of carbonyl (C=O) groups is 1. The maximum Gasteiger partial charge on any atom is 0.234 e. The van der Waals surface area contributed by atoms with Gasteiger partial charge in [-0.05, 0) is 25.3 Å². The van der Waals surface area contributed by atoms with Crippen molar-refractivity contribution in [2.24, 2.45) is 0 Å². The lowest BCUT2D eigenvalue weighted by Gasteiger charge is -2.17. The van der Waals surface area contributed by atoms with E-state index in [1.165, 1.54) is 12.8 Å². The van der Waals surface area contributed by atoms with Gasteiger partial charge in [0.1, 0.15) is 5.69 Å². The van der Waals surface area contributed by atoms with Gasteiger partial charge in [-0.1, -0.05) is 6.08 Å². The van der Waals surface area contributed by atoms with Crippen molar-refractivity contribution < 1.29 is 4.79 Å². The summed E-state index contributed by atoms with van der Waals surface area (Å²) >= 11 is 0. The zero-order chi connectivity index (χ0) is 22.8. The van der Waals surface area contributed by atoms with E-state index in [0.29, 0.717) is 31.2 Å². The molecule has 2 aliphatic carbocycles. The van der Waals surface area contributed by atoms with Gasteiger partial charge in [-0.2, -0.15) is 5.10 Å². The summed E-state index contributed by atoms with van der Waals surface area (Å²) in [5.41, 5.74) is 7.67. The number of rotatable bonds is 1. The lowest BCUT2D eigenvalue weighted by atomic mass is 10.0. The van der Waals surface area contributed by atoms with E-state index in [4.69, 9.17) is 20.1 Å². The molecule has 4 aromatic heterocycles. The Hall–Kier alpha value is -3.88. The fourth-order valence-corrected chi connectivity index (χ4v) is 5.05. The molecule has 9 nitrogen and oxygen atoms in total. The minimum absolute atomic E-state index is 0.0875. The molecule has 0 N–H and O–H groups in total. The van der Waals surface area contributed by atoms with Crippen LogP contribution < -0.4 is 0 Å². The van der Waals surface area contributed by atoms with Crippen LogP contribution in [0.1, 0.15) is 59.9 Å². The van der Waals surface area contributed by atoms with E-state index in [1.807, 2.05) is 34.6 Å². The minimum Gasteiger partial charge on any atom is -0.340 e. The van der Waals surface area contributed by atoms with Crippen molar-refractivity contribution in [3.05, 3.63) is 65.3 Å². The molecule has 0 saturated heterocycles. The Kier molecular flexibility index (Phi) is 4.21. The summed E-state index contributed by atoms with van der Waals surface area (Å²) in [5.74, 6) is 1.19. The molecule has 0 spiro atoms. The summed E-state index contributed by atoms with van der Waals surface area (Å²) in [7, 11) is 1.83. The summed E-state index contributed by atoms with van der Waals surface area (Å²) in [6.07, 6.45) is 14.2. The Morgan fingerprint density at radius 3 is 2.91 bits per heavy atom. The molecule has 34 heavy (non-hydrogen) atoms. The van der Waals surface area contributed by atoms with E-state index in [0.717, 1.165) is 58.1 Å². The standard InChI is InChI=1S/C25H24N8O/c1-31-14-20-24(33-11-3-9-26-25(33)29-20)19-12-27-18-8-7-16(23(18)28-19)17-13-32(10-2-4-21(31)34)30-22(17)15-5-6-15/h3,7,9,11-13,15H,2,4-6,8,10,14H2,1H3. The number of imidazole rings is 1. The molecule has 5 heterocycles. The summed E-state index contributed by atoms with van der Waals surface area (Å²) in [5, 5.41) is 4.94. The first-order valence-electron chi connectivity index (χ1n) is 11.9. The van der Waals surface area contributed by atoms with Crippen molar-refractivity contribution in [2.75, 3.05) is 7.05 Å². The van der Waals surface area contributed by atoms with Crippen LogP contribution in [-0.2, 0) is 24.3 Å². The molecule has 4 bridgehead atoms. The van der Waals surface area contributed by atoms with Gasteiger partial charge in [0.25, 0.3) is 0 Å². The molecular formula is C25H24N8O. The van der Waals surface area contributed by atoms with Crippen LogP contribution in [0.4, 0.5) is 0 Å². The number of hydrogen-bond acceptors (Lipinski definition) is 6. The minimum atomic E-state index is 0.0875. The molecule has 1 fully saturated rings. The van der Waals surface area contributed by atoms with Gasteiger partial charge >= 0.3 is 0 Å². The second kappa shape index (κ2) is 7.31. The number of fused-ring (bicyclic) bond motifs is 8. The highest BCUT2D eigenvalue weighted by Gasteiger charge is 2.33. The maximum absolute atomic E-state index is 12.9. The number of aromatic nitrogens is 7. The number of carbonyl (C=O) groups excluding carboxylic acids is 1. The van der Waals surface area contributed by atoms with Crippen molar-refractivity contribution in [2.45, 2.75) is 51.1 Å². The second-order valence-electron chi connectivity index (χ2n) is 9.39. The molecular weight excluding hydrogens is 428 g/mol. The summed E-state index contributed by atoms with van der Waals surface area (Å²) in [6, 6.07) is 1.88. The monoisotopic (exact) mass is 452 g/mol. The van der Waals surface area contributed by atoms with Crippen LogP contribution >= 0.6 is 0 Å². The van der Waals surface area contributed by atoms with Crippen LogP contribution in [0.3, 0.4) is 0 Å². The topological polar surface area (TPSA) is 94.1 Å². The van der Waals surface area contributed by atoms with Gasteiger partial charge in [0, 0.05) is 62.1 Å². The Balaban J connectivity index is 1.44. The molecule has 3 aliphatic rings. The first-order chi connectivity index (χ1) is 16.7. The smallest absolute Gasteiger partial charge is 0.234 e. The third-order valence-electron chi connectivity index (χ3n) is 6.96. The first-order valence-corrected chi connectivity index (χ1v) is 11.9. The van der Waals surface area contributed by atoms with E-state index in [-0.39, 0.29) is 5.91 Å². The molecule has 9 heteroatoms. The Labute approximate surface area is 196 Å². The first kappa shape index (κ1) is 19.6. The Morgan fingerprint density at radius 2 is 2.03 bits per heavy atom. The van der Waals surface area contributed by atoms with Gasteiger partial charge < -0.3 is 4.90 Å². The third-order valence-corrected chi connectivity index (χ3v) is 6.96. The van der Waals surface area contributed by atoms with Crippen molar-refractivity contribution >= 4 is 17.3 Å². The molecule has 1 saturated carbocycles. The lowest BCUT2D eigenvalue weighted by molar-refractivity contribution is -0.130. The predicted octanol–water partition coefficient (Wildman–Crippen LogP) is 3.00. The molecule has 0 radical (unpaired) electrons. The molecule has 0 aromatic carbocycles. The molecule has 0 unspecified atom stereocenters. The van der Waals surface area contributed by atoms with Crippen LogP contribution in [0.15, 0.2) is 36.9 Å². The molecule has 1 aliphatic heterocycles. The van der Waals surface area contributed by atoms with Gasteiger partial charge in [-0.15, -0.1) is 0 Å². The predicted molar refractivity (Wildman–Crippen MR) is 125 cm³/mol. The number of hydrogen-bond donors (Lipinski definition) is 0. The molecule has 7 rings (SSSR count). The van der Waals surface area contributed by atoms with E-state index in [2.05, 4.69) is 17.3 Å². The lowest BCUT2D eigenvalue weighted by Crippen LogP contribution is -2.26. The van der Waals surface area contributed by atoms with Crippen molar-refractivity contribution in [1.29, 1.82) is 0 Å². The van der Waals surface area contributed by atoms with Gasteiger partial charge in [0.15, 0.2) is 0 Å². The highest BCUT2D eigenvalue weighted by atomic mass is 16.2. The summed E-state index contributed by atoms with van der Waals surface area (Å²) < 4.78 is 3.95. The van der Waals surface area contributed by atoms with Crippen LogP contribution in [0, 0.1) is 0 Å². The number of amides is 1. The largest absolute Gasteiger partial charge is 0.340 e. The van der Waals surface area contributed by atoms with Gasteiger partial charge in [-0.25, -0.2) is 15.0 Å². The van der Waals surface area contributed by atoms with Gasteiger partial charge in [0.05, 0.1) is 41.2 Å². The van der Waals surface area contributed by atoms with Crippen molar-refractivity contribution in [3.8, 4) is 11.4 Å². The van der Waals surface area contributed by atoms with Crippen LogP contribution in [0.2, 0.25) is 0 Å². The summed E-state index contributed by atoms with van der Waals surface area (Å²) in [4.78, 5) is 33.8. The van der Waals surface area contributed by atoms with Crippen LogP contribution in [0.5, 0.6) is 0 Å². The zero-order valence-corrected chi connectivity index (χ0v) is 19.0. The SMILES string of the molecule is CN1Cc2nc3ncccn3c2-c2cnc3c(n2)C(=CC3)c2cn(nc2C2CC2)CCCC1=O. The van der Waals surface area contributed by atoms with E-state index in [1.54, 1.807) is 11.1 Å². The van der Waals surface area contributed by atoms with Crippen LogP contribution in [-0.4, -0.2) is 52.0 Å². The number of aryl methyl sites for hydroxylation is 1. The van der Waals surface area contributed by atoms with E-state index in [9.17, 15) is 4.79 Å².